The Balaban J connectivity index is 0.00000324. The van der Waals surface area contributed by atoms with Crippen LogP contribution in [0.3, 0.4) is 0 Å². The summed E-state index contributed by atoms with van der Waals surface area (Å²) < 4.78 is 0. The predicted molar refractivity (Wildman–Crippen MR) is 83.5 cm³/mol. The SMILES string of the molecule is CCC(CC)(CN)NC(=O)c1cc(Cl)ccc1Cl.Cl. The minimum Gasteiger partial charge on any atom is -0.345 e. The number of halogens is 3. The van der Waals surface area contributed by atoms with Crippen LogP contribution in [0.2, 0.25) is 10.0 Å². The fourth-order valence-corrected chi connectivity index (χ4v) is 2.12. The smallest absolute Gasteiger partial charge is 0.253 e. The molecule has 0 atom stereocenters. The van der Waals surface area contributed by atoms with Gasteiger partial charge < -0.3 is 11.1 Å². The van der Waals surface area contributed by atoms with Crippen LogP contribution in [0, 0.1) is 0 Å². The van der Waals surface area contributed by atoms with Crippen molar-refractivity contribution >= 4 is 41.5 Å². The van der Waals surface area contributed by atoms with E-state index >= 15 is 0 Å². The highest BCUT2D eigenvalue weighted by molar-refractivity contribution is 6.35. The summed E-state index contributed by atoms with van der Waals surface area (Å²) in [5.74, 6) is -0.239. The van der Waals surface area contributed by atoms with Crippen LogP contribution >= 0.6 is 35.6 Å². The molecular formula is C13H19Cl3N2O. The van der Waals surface area contributed by atoms with Crippen molar-refractivity contribution in [3.63, 3.8) is 0 Å². The summed E-state index contributed by atoms with van der Waals surface area (Å²) in [6, 6.07) is 4.82. The zero-order valence-electron chi connectivity index (χ0n) is 11.0. The van der Waals surface area contributed by atoms with Gasteiger partial charge in [0.05, 0.1) is 16.1 Å². The maximum atomic E-state index is 12.2. The molecule has 3 N–H and O–H groups in total. The lowest BCUT2D eigenvalue weighted by molar-refractivity contribution is 0.0895. The number of benzene rings is 1. The summed E-state index contributed by atoms with van der Waals surface area (Å²) in [7, 11) is 0. The largest absolute Gasteiger partial charge is 0.345 e. The summed E-state index contributed by atoms with van der Waals surface area (Å²) >= 11 is 11.9. The van der Waals surface area contributed by atoms with Crippen molar-refractivity contribution in [1.29, 1.82) is 0 Å². The standard InChI is InChI=1S/C13H18Cl2N2O.ClH/c1-3-13(4-2,8-16)17-12(18)10-7-9(14)5-6-11(10)15;/h5-7H,3-4,8,16H2,1-2H3,(H,17,18);1H. The van der Waals surface area contributed by atoms with Crippen molar-refractivity contribution in [2.75, 3.05) is 6.54 Å². The number of nitrogens with one attached hydrogen (secondary N) is 1. The van der Waals surface area contributed by atoms with Gasteiger partial charge in [0.1, 0.15) is 0 Å². The van der Waals surface area contributed by atoms with Gasteiger partial charge in [-0.05, 0) is 31.0 Å². The molecule has 1 aromatic carbocycles. The summed E-state index contributed by atoms with van der Waals surface area (Å²) in [5.41, 5.74) is 5.74. The van der Waals surface area contributed by atoms with Gasteiger partial charge in [-0.1, -0.05) is 37.0 Å². The Morgan fingerprint density at radius 2 is 1.89 bits per heavy atom. The number of carbonyl (C=O) groups excluding carboxylic acids is 1. The quantitative estimate of drug-likeness (QED) is 0.868. The van der Waals surface area contributed by atoms with Crippen molar-refractivity contribution in [2.45, 2.75) is 32.2 Å². The van der Waals surface area contributed by atoms with Gasteiger partial charge >= 0.3 is 0 Å². The number of nitrogens with two attached hydrogens (primary N) is 1. The average molecular weight is 326 g/mol. The van der Waals surface area contributed by atoms with Crippen LogP contribution in [-0.2, 0) is 0 Å². The van der Waals surface area contributed by atoms with Crippen LogP contribution in [0.4, 0.5) is 0 Å². The van der Waals surface area contributed by atoms with Crippen molar-refractivity contribution in [3.8, 4) is 0 Å². The maximum absolute atomic E-state index is 12.2. The zero-order valence-corrected chi connectivity index (χ0v) is 13.3. The number of carbonyl (C=O) groups is 1. The molecule has 0 bridgehead atoms. The molecule has 0 unspecified atom stereocenters. The fourth-order valence-electron chi connectivity index (χ4n) is 1.75. The number of amides is 1. The number of hydrogen-bond acceptors (Lipinski definition) is 2. The summed E-state index contributed by atoms with van der Waals surface area (Å²) in [4.78, 5) is 12.2. The maximum Gasteiger partial charge on any atom is 0.253 e. The van der Waals surface area contributed by atoms with Crippen LogP contribution in [-0.4, -0.2) is 18.0 Å². The van der Waals surface area contributed by atoms with E-state index in [1.54, 1.807) is 18.2 Å². The van der Waals surface area contributed by atoms with Gasteiger partial charge in [-0.25, -0.2) is 0 Å². The van der Waals surface area contributed by atoms with Crippen LogP contribution in [0.15, 0.2) is 18.2 Å². The molecule has 1 rings (SSSR count). The first kappa shape index (κ1) is 18.5. The second-order valence-electron chi connectivity index (χ2n) is 4.27. The van der Waals surface area contributed by atoms with Crippen LogP contribution in [0.1, 0.15) is 37.0 Å². The first-order valence-corrected chi connectivity index (χ1v) is 6.71. The van der Waals surface area contributed by atoms with E-state index in [4.69, 9.17) is 28.9 Å². The minimum absolute atomic E-state index is 0. The Hall–Kier alpha value is -0.480. The van der Waals surface area contributed by atoms with Crippen LogP contribution < -0.4 is 11.1 Å². The third kappa shape index (κ3) is 4.53. The van der Waals surface area contributed by atoms with Gasteiger partial charge in [-0.3, -0.25) is 4.79 Å². The Morgan fingerprint density at radius 3 is 2.37 bits per heavy atom. The predicted octanol–water partition coefficient (Wildman–Crippen LogP) is 3.66. The third-order valence-corrected chi connectivity index (χ3v) is 3.86. The van der Waals surface area contributed by atoms with Gasteiger partial charge in [0.25, 0.3) is 5.91 Å². The fraction of sp³-hybridized carbons (Fsp3) is 0.462. The molecule has 0 aliphatic rings. The van der Waals surface area contributed by atoms with E-state index in [0.29, 0.717) is 22.2 Å². The highest BCUT2D eigenvalue weighted by Gasteiger charge is 2.27. The van der Waals surface area contributed by atoms with Crippen molar-refractivity contribution < 1.29 is 4.79 Å². The number of hydrogen-bond donors (Lipinski definition) is 2. The Labute approximate surface area is 130 Å². The first-order valence-electron chi connectivity index (χ1n) is 5.95. The van der Waals surface area contributed by atoms with Crippen molar-refractivity contribution in [1.82, 2.24) is 5.32 Å². The molecular weight excluding hydrogens is 307 g/mol. The molecule has 0 heterocycles. The summed E-state index contributed by atoms with van der Waals surface area (Å²) in [5, 5.41) is 3.82. The summed E-state index contributed by atoms with van der Waals surface area (Å²) in [6.07, 6.45) is 1.54. The highest BCUT2D eigenvalue weighted by Crippen LogP contribution is 2.22. The van der Waals surface area contributed by atoms with Gasteiger partial charge in [0.15, 0.2) is 0 Å². The molecule has 0 radical (unpaired) electrons. The van der Waals surface area contributed by atoms with E-state index in [-0.39, 0.29) is 23.9 Å². The lowest BCUT2D eigenvalue weighted by atomic mass is 9.92. The molecule has 0 aliphatic heterocycles. The van der Waals surface area contributed by atoms with E-state index in [0.717, 1.165) is 12.8 Å². The highest BCUT2D eigenvalue weighted by atomic mass is 35.5. The number of rotatable bonds is 5. The molecule has 0 saturated heterocycles. The normalized spacial score (nSPS) is 10.8. The summed E-state index contributed by atoms with van der Waals surface area (Å²) in [6.45, 7) is 4.39. The van der Waals surface area contributed by atoms with E-state index < -0.39 is 0 Å². The van der Waals surface area contributed by atoms with E-state index in [1.807, 2.05) is 13.8 Å². The van der Waals surface area contributed by atoms with Gasteiger partial charge in [0, 0.05) is 11.6 Å². The lowest BCUT2D eigenvalue weighted by Gasteiger charge is -2.31. The molecule has 0 aliphatic carbocycles. The monoisotopic (exact) mass is 324 g/mol. The van der Waals surface area contributed by atoms with Crippen molar-refractivity contribution in [3.05, 3.63) is 33.8 Å². The second-order valence-corrected chi connectivity index (χ2v) is 5.11. The zero-order chi connectivity index (χ0) is 13.8. The molecule has 0 aromatic heterocycles. The molecule has 108 valence electrons. The van der Waals surface area contributed by atoms with E-state index in [2.05, 4.69) is 5.32 Å². The Morgan fingerprint density at radius 1 is 1.32 bits per heavy atom. The molecule has 0 spiro atoms. The van der Waals surface area contributed by atoms with Gasteiger partial charge in [0.2, 0.25) is 0 Å². The molecule has 19 heavy (non-hydrogen) atoms. The average Bonchev–Trinajstić information content (AvgIpc) is 2.38. The van der Waals surface area contributed by atoms with E-state index in [1.165, 1.54) is 0 Å². The molecule has 0 saturated carbocycles. The molecule has 6 heteroatoms. The van der Waals surface area contributed by atoms with Gasteiger partial charge in [-0.15, -0.1) is 12.4 Å². The lowest BCUT2D eigenvalue weighted by Crippen LogP contribution is -2.52. The Kier molecular flexibility index (Phi) is 7.75. The van der Waals surface area contributed by atoms with Gasteiger partial charge in [-0.2, -0.15) is 0 Å². The molecule has 1 aromatic rings. The first-order chi connectivity index (χ1) is 8.48. The second kappa shape index (κ2) is 7.95. The minimum atomic E-state index is -0.386. The van der Waals surface area contributed by atoms with Crippen LogP contribution in [0.25, 0.3) is 0 Å². The Bertz CT molecular complexity index is 426. The van der Waals surface area contributed by atoms with Crippen molar-refractivity contribution in [2.24, 2.45) is 5.73 Å². The van der Waals surface area contributed by atoms with Crippen LogP contribution in [0.5, 0.6) is 0 Å². The third-order valence-electron chi connectivity index (χ3n) is 3.30. The molecule has 1 amide bonds. The molecule has 3 nitrogen and oxygen atoms in total. The topological polar surface area (TPSA) is 55.1 Å². The van der Waals surface area contributed by atoms with E-state index in [9.17, 15) is 4.79 Å². The molecule has 0 fully saturated rings.